The van der Waals surface area contributed by atoms with Gasteiger partial charge in [0.25, 0.3) is 5.91 Å². The first kappa shape index (κ1) is 19.5. The summed E-state index contributed by atoms with van der Waals surface area (Å²) in [5.41, 5.74) is 1.40. The van der Waals surface area contributed by atoms with Crippen LogP contribution in [0.1, 0.15) is 23.7 Å². The first-order valence-corrected chi connectivity index (χ1v) is 8.87. The number of hydrogen-bond donors (Lipinski definition) is 2. The number of hydrogen-bond acceptors (Lipinski definition) is 6. The summed E-state index contributed by atoms with van der Waals surface area (Å²) >= 11 is 6.27. The first-order chi connectivity index (χ1) is 13.5. The fourth-order valence-corrected chi connectivity index (χ4v) is 2.76. The van der Waals surface area contributed by atoms with Gasteiger partial charge in [0, 0.05) is 16.8 Å². The molecular weight excluding hydrogens is 386 g/mol. The Balaban J connectivity index is 1.83. The fourth-order valence-electron chi connectivity index (χ4n) is 2.50. The Kier molecular flexibility index (Phi) is 6.00. The number of rotatable bonds is 7. The van der Waals surface area contributed by atoms with Gasteiger partial charge in [-0.15, -0.1) is 0 Å². The Labute approximate surface area is 165 Å². The normalized spacial score (nSPS) is 10.5. The Bertz CT molecular complexity index is 1040. The zero-order chi connectivity index (χ0) is 20.1. The number of nitrogens with zero attached hydrogens (tertiary/aromatic N) is 1. The molecule has 0 aliphatic carbocycles. The van der Waals surface area contributed by atoms with E-state index >= 15 is 0 Å². The number of ether oxygens (including phenoxy) is 2. The van der Waals surface area contributed by atoms with Gasteiger partial charge < -0.3 is 14.8 Å². The lowest BCUT2D eigenvalue weighted by molar-refractivity contribution is 0.102. The van der Waals surface area contributed by atoms with E-state index in [9.17, 15) is 9.59 Å². The minimum Gasteiger partial charge on any atom is -0.493 e. The van der Waals surface area contributed by atoms with Crippen LogP contribution in [0, 0.1) is 0 Å². The summed E-state index contributed by atoms with van der Waals surface area (Å²) in [6, 6.07) is 9.88. The summed E-state index contributed by atoms with van der Waals surface area (Å²) in [4.78, 5) is 26.2. The molecular formula is C19H18ClN3O5. The van der Waals surface area contributed by atoms with Gasteiger partial charge in [0.1, 0.15) is 0 Å². The Morgan fingerprint density at radius 2 is 2.14 bits per heavy atom. The van der Waals surface area contributed by atoms with Crippen molar-refractivity contribution in [3.63, 3.8) is 0 Å². The summed E-state index contributed by atoms with van der Waals surface area (Å²) in [6.45, 7) is 2.46. The van der Waals surface area contributed by atoms with Crippen LogP contribution in [0.5, 0.6) is 11.5 Å². The van der Waals surface area contributed by atoms with Crippen molar-refractivity contribution in [1.82, 2.24) is 10.1 Å². The Morgan fingerprint density at radius 3 is 2.82 bits per heavy atom. The third kappa shape index (κ3) is 4.34. The molecule has 0 saturated heterocycles. The van der Waals surface area contributed by atoms with Crippen LogP contribution in [0.3, 0.4) is 0 Å². The Morgan fingerprint density at radius 1 is 1.32 bits per heavy atom. The number of aromatic amines is 1. The van der Waals surface area contributed by atoms with Crippen molar-refractivity contribution < 1.29 is 18.8 Å². The summed E-state index contributed by atoms with van der Waals surface area (Å²) in [5, 5.41) is 6.69. The van der Waals surface area contributed by atoms with E-state index in [1.807, 2.05) is 6.92 Å². The molecule has 28 heavy (non-hydrogen) atoms. The molecule has 1 amide bonds. The lowest BCUT2D eigenvalue weighted by atomic mass is 10.1. The molecule has 0 fully saturated rings. The van der Waals surface area contributed by atoms with Gasteiger partial charge in [-0.05, 0) is 30.7 Å². The second kappa shape index (κ2) is 8.62. The van der Waals surface area contributed by atoms with Gasteiger partial charge in [-0.1, -0.05) is 35.8 Å². The highest BCUT2D eigenvalue weighted by atomic mass is 35.5. The molecule has 0 bridgehead atoms. The van der Waals surface area contributed by atoms with Gasteiger partial charge in [-0.2, -0.15) is 0 Å². The number of amides is 1. The van der Waals surface area contributed by atoms with E-state index in [4.69, 9.17) is 21.1 Å². The number of aromatic nitrogens is 2. The molecule has 9 heteroatoms. The van der Waals surface area contributed by atoms with Crippen LogP contribution in [-0.2, 0) is 0 Å². The lowest BCUT2D eigenvalue weighted by Gasteiger charge is -2.14. The van der Waals surface area contributed by atoms with Crippen molar-refractivity contribution in [2.45, 2.75) is 13.3 Å². The number of carbonyl (C=O) groups excluding carboxylic acids is 1. The van der Waals surface area contributed by atoms with Crippen LogP contribution in [0.25, 0.3) is 11.4 Å². The molecule has 0 aliphatic heterocycles. The average molecular weight is 404 g/mol. The molecule has 2 aromatic carbocycles. The van der Waals surface area contributed by atoms with Crippen LogP contribution in [0.4, 0.5) is 5.69 Å². The van der Waals surface area contributed by atoms with E-state index in [-0.39, 0.29) is 16.8 Å². The van der Waals surface area contributed by atoms with E-state index in [0.29, 0.717) is 34.9 Å². The molecule has 1 aromatic heterocycles. The molecule has 0 aliphatic rings. The molecule has 1 heterocycles. The van der Waals surface area contributed by atoms with Crippen molar-refractivity contribution in [3.8, 4) is 22.9 Å². The highest BCUT2D eigenvalue weighted by Crippen LogP contribution is 2.36. The average Bonchev–Trinajstić information content (AvgIpc) is 3.13. The quantitative estimate of drug-likeness (QED) is 0.622. The largest absolute Gasteiger partial charge is 0.493 e. The minimum absolute atomic E-state index is 0.267. The second-order valence-electron chi connectivity index (χ2n) is 5.82. The monoisotopic (exact) mass is 403 g/mol. The standard InChI is InChI=1S/C19H18ClN3O5/c1-3-7-27-16-14(20)9-12(10-15(16)26-2)18(24)21-13-6-4-5-11(8-13)17-22-19(25)28-23-17/h4-6,8-10H,3,7H2,1-2H3,(H,21,24)(H,22,23,25). The van der Waals surface area contributed by atoms with Crippen molar-refractivity contribution in [1.29, 1.82) is 0 Å². The van der Waals surface area contributed by atoms with Gasteiger partial charge in [-0.25, -0.2) is 4.79 Å². The fraction of sp³-hybridized carbons (Fsp3) is 0.211. The van der Waals surface area contributed by atoms with E-state index in [2.05, 4.69) is 20.0 Å². The predicted molar refractivity (Wildman–Crippen MR) is 104 cm³/mol. The summed E-state index contributed by atoms with van der Waals surface area (Å²) < 4.78 is 15.4. The van der Waals surface area contributed by atoms with Crippen molar-refractivity contribution in [2.24, 2.45) is 0 Å². The number of carbonyl (C=O) groups is 1. The van der Waals surface area contributed by atoms with E-state index in [1.165, 1.54) is 13.2 Å². The van der Waals surface area contributed by atoms with Gasteiger partial charge >= 0.3 is 5.76 Å². The van der Waals surface area contributed by atoms with Gasteiger partial charge in [-0.3, -0.25) is 14.3 Å². The number of halogens is 1. The van der Waals surface area contributed by atoms with Gasteiger partial charge in [0.05, 0.1) is 18.7 Å². The topological polar surface area (TPSA) is 106 Å². The molecule has 0 unspecified atom stereocenters. The maximum Gasteiger partial charge on any atom is 0.439 e. The number of anilines is 1. The van der Waals surface area contributed by atoms with Gasteiger partial charge in [0.2, 0.25) is 0 Å². The third-order valence-electron chi connectivity index (χ3n) is 3.78. The molecule has 0 saturated carbocycles. The van der Waals surface area contributed by atoms with Crippen molar-refractivity contribution in [2.75, 3.05) is 19.0 Å². The number of methoxy groups -OCH3 is 1. The zero-order valence-electron chi connectivity index (χ0n) is 15.2. The highest BCUT2D eigenvalue weighted by molar-refractivity contribution is 6.32. The summed E-state index contributed by atoms with van der Waals surface area (Å²) in [6.07, 6.45) is 0.814. The van der Waals surface area contributed by atoms with Crippen molar-refractivity contribution in [3.05, 3.63) is 57.5 Å². The van der Waals surface area contributed by atoms with Crippen molar-refractivity contribution >= 4 is 23.2 Å². The summed E-state index contributed by atoms with van der Waals surface area (Å²) in [7, 11) is 1.48. The smallest absolute Gasteiger partial charge is 0.439 e. The van der Waals surface area contributed by atoms with E-state index < -0.39 is 5.76 Å². The zero-order valence-corrected chi connectivity index (χ0v) is 16.0. The molecule has 146 valence electrons. The van der Waals surface area contributed by atoms with E-state index in [1.54, 1.807) is 30.3 Å². The lowest BCUT2D eigenvalue weighted by Crippen LogP contribution is -2.12. The van der Waals surface area contributed by atoms with Crippen LogP contribution >= 0.6 is 11.6 Å². The SMILES string of the molecule is CCCOc1c(Cl)cc(C(=O)Nc2cccc(-c3noc(=O)[nH]3)c2)cc1OC. The maximum atomic E-state index is 12.7. The molecule has 8 nitrogen and oxygen atoms in total. The maximum absolute atomic E-state index is 12.7. The highest BCUT2D eigenvalue weighted by Gasteiger charge is 2.16. The first-order valence-electron chi connectivity index (χ1n) is 8.50. The Hall–Kier alpha value is -3.26. The predicted octanol–water partition coefficient (Wildman–Crippen LogP) is 3.73. The molecule has 3 rings (SSSR count). The second-order valence-corrected chi connectivity index (χ2v) is 6.22. The minimum atomic E-state index is -0.656. The van der Waals surface area contributed by atoms with Crippen LogP contribution in [0.2, 0.25) is 5.02 Å². The number of benzene rings is 2. The van der Waals surface area contributed by atoms with Crippen LogP contribution in [0.15, 0.2) is 45.7 Å². The third-order valence-corrected chi connectivity index (χ3v) is 4.06. The molecule has 0 radical (unpaired) electrons. The number of nitrogens with one attached hydrogen (secondary N) is 2. The van der Waals surface area contributed by atoms with E-state index in [0.717, 1.165) is 6.42 Å². The summed E-state index contributed by atoms with van der Waals surface area (Å²) in [5.74, 6) is 0.00686. The molecule has 0 atom stereocenters. The molecule has 0 spiro atoms. The molecule has 3 aromatic rings. The van der Waals surface area contributed by atoms with Crippen LogP contribution in [-0.4, -0.2) is 29.8 Å². The van der Waals surface area contributed by atoms with Crippen LogP contribution < -0.4 is 20.5 Å². The number of H-pyrrole nitrogens is 1. The molecule has 2 N–H and O–H groups in total. The van der Waals surface area contributed by atoms with Gasteiger partial charge in [0.15, 0.2) is 17.3 Å².